The van der Waals surface area contributed by atoms with E-state index in [9.17, 15) is 18.0 Å². The highest BCUT2D eigenvalue weighted by molar-refractivity contribution is 5.94. The van der Waals surface area contributed by atoms with Gasteiger partial charge in [-0.1, -0.05) is 30.7 Å². The standard InChI is InChI=1S/C21H29N5O.C2HF3O2/c1-2-17-7-9-18(10-8-17)21(27)25-13-6-14-26-20(16-25)19(22-23-26)15-24-11-4-3-5-12-24;3-2(4,5)1(6)7/h7-10H,2-6,11-16H2,1H3;(H,6,7). The number of nitrogens with zero attached hydrogens (tertiary/aromatic N) is 5. The van der Waals surface area contributed by atoms with Gasteiger partial charge in [-0.15, -0.1) is 5.10 Å². The fourth-order valence-corrected chi connectivity index (χ4v) is 4.08. The van der Waals surface area contributed by atoms with Crippen molar-refractivity contribution in [2.45, 2.75) is 64.8 Å². The molecule has 1 fully saturated rings. The van der Waals surface area contributed by atoms with E-state index in [-0.39, 0.29) is 5.91 Å². The number of hydrogen-bond acceptors (Lipinski definition) is 5. The molecule has 2 aromatic rings. The Morgan fingerprint density at radius 1 is 1.00 bits per heavy atom. The van der Waals surface area contributed by atoms with Gasteiger partial charge in [-0.3, -0.25) is 9.69 Å². The smallest absolute Gasteiger partial charge is 0.475 e. The van der Waals surface area contributed by atoms with Crippen LogP contribution in [0.25, 0.3) is 0 Å². The first-order valence-corrected chi connectivity index (χ1v) is 11.5. The van der Waals surface area contributed by atoms with Crippen molar-refractivity contribution >= 4 is 11.9 Å². The predicted molar refractivity (Wildman–Crippen MR) is 118 cm³/mol. The molecule has 0 unspecified atom stereocenters. The third-order valence-electron chi connectivity index (χ3n) is 6.02. The first-order chi connectivity index (χ1) is 16.2. The fraction of sp³-hybridized carbons (Fsp3) is 0.565. The number of amides is 1. The maximum absolute atomic E-state index is 13.1. The summed E-state index contributed by atoms with van der Waals surface area (Å²) < 4.78 is 33.7. The number of aromatic nitrogens is 3. The average molecular weight is 482 g/mol. The minimum absolute atomic E-state index is 0.108. The van der Waals surface area contributed by atoms with E-state index >= 15 is 0 Å². The number of aliphatic carboxylic acids is 1. The molecule has 1 aromatic carbocycles. The van der Waals surface area contributed by atoms with E-state index in [0.29, 0.717) is 6.54 Å². The monoisotopic (exact) mass is 481 g/mol. The van der Waals surface area contributed by atoms with Crippen LogP contribution in [0.1, 0.15) is 59.9 Å². The van der Waals surface area contributed by atoms with Crippen LogP contribution in [-0.4, -0.2) is 67.6 Å². The molecule has 0 bridgehead atoms. The summed E-state index contributed by atoms with van der Waals surface area (Å²) in [4.78, 5) is 26.4. The molecule has 34 heavy (non-hydrogen) atoms. The predicted octanol–water partition coefficient (Wildman–Crippen LogP) is 3.51. The molecule has 1 amide bonds. The lowest BCUT2D eigenvalue weighted by Gasteiger charge is -2.26. The Labute approximate surface area is 196 Å². The van der Waals surface area contributed by atoms with Crippen LogP contribution in [0.15, 0.2) is 24.3 Å². The van der Waals surface area contributed by atoms with Crippen LogP contribution >= 0.6 is 0 Å². The maximum Gasteiger partial charge on any atom is 0.490 e. The zero-order valence-electron chi connectivity index (χ0n) is 19.2. The molecule has 2 aliphatic heterocycles. The van der Waals surface area contributed by atoms with Gasteiger partial charge in [0, 0.05) is 25.2 Å². The molecule has 1 N–H and O–H groups in total. The lowest BCUT2D eigenvalue weighted by molar-refractivity contribution is -0.192. The first-order valence-electron chi connectivity index (χ1n) is 11.5. The normalized spacial score (nSPS) is 16.8. The van der Waals surface area contributed by atoms with Crippen LogP contribution < -0.4 is 0 Å². The minimum atomic E-state index is -5.08. The molecule has 0 radical (unpaired) electrons. The minimum Gasteiger partial charge on any atom is -0.475 e. The number of aryl methyl sites for hydroxylation is 2. The Morgan fingerprint density at radius 2 is 1.65 bits per heavy atom. The van der Waals surface area contributed by atoms with Crippen LogP contribution in [0.4, 0.5) is 13.2 Å². The Hall–Kier alpha value is -2.95. The Bertz CT molecular complexity index is 969. The van der Waals surface area contributed by atoms with Crippen molar-refractivity contribution in [3.63, 3.8) is 0 Å². The number of hydrogen-bond donors (Lipinski definition) is 1. The van der Waals surface area contributed by atoms with Crippen LogP contribution in [0.3, 0.4) is 0 Å². The quantitative estimate of drug-likeness (QED) is 0.719. The van der Waals surface area contributed by atoms with Crippen molar-refractivity contribution in [1.29, 1.82) is 0 Å². The molecule has 0 aliphatic carbocycles. The van der Waals surface area contributed by atoms with Gasteiger partial charge >= 0.3 is 12.1 Å². The van der Waals surface area contributed by atoms with Crippen LogP contribution in [0.2, 0.25) is 0 Å². The highest BCUT2D eigenvalue weighted by Crippen LogP contribution is 2.20. The van der Waals surface area contributed by atoms with Crippen molar-refractivity contribution < 1.29 is 27.9 Å². The molecule has 0 saturated carbocycles. The highest BCUT2D eigenvalue weighted by Gasteiger charge is 2.38. The maximum atomic E-state index is 13.1. The lowest BCUT2D eigenvalue weighted by Crippen LogP contribution is -2.32. The molecule has 0 atom stereocenters. The van der Waals surface area contributed by atoms with Gasteiger partial charge in [0.25, 0.3) is 5.91 Å². The number of carbonyl (C=O) groups excluding carboxylic acids is 1. The van der Waals surface area contributed by atoms with Crippen molar-refractivity contribution in [3.05, 3.63) is 46.8 Å². The van der Waals surface area contributed by atoms with Crippen LogP contribution in [0, 0.1) is 0 Å². The number of fused-ring (bicyclic) bond motifs is 1. The number of carboxylic acids is 1. The van der Waals surface area contributed by atoms with Crippen LogP contribution in [0.5, 0.6) is 0 Å². The molecule has 1 aromatic heterocycles. The zero-order valence-corrected chi connectivity index (χ0v) is 19.2. The number of halogens is 3. The Kier molecular flexibility index (Phi) is 8.65. The van der Waals surface area contributed by atoms with Gasteiger partial charge in [0.15, 0.2) is 0 Å². The van der Waals surface area contributed by atoms with Gasteiger partial charge in [-0.25, -0.2) is 9.48 Å². The second-order valence-electron chi connectivity index (χ2n) is 8.48. The summed E-state index contributed by atoms with van der Waals surface area (Å²) in [6.07, 6.45) is 0.681. The number of carboxylic acid groups (broad SMARTS) is 1. The van der Waals surface area contributed by atoms with Crippen LogP contribution in [-0.2, 0) is 30.8 Å². The summed E-state index contributed by atoms with van der Waals surface area (Å²) in [5.74, 6) is -2.65. The van der Waals surface area contributed by atoms with Crippen molar-refractivity contribution in [1.82, 2.24) is 24.8 Å². The van der Waals surface area contributed by atoms with Gasteiger partial charge in [-0.2, -0.15) is 13.2 Å². The second-order valence-corrected chi connectivity index (χ2v) is 8.48. The highest BCUT2D eigenvalue weighted by atomic mass is 19.4. The summed E-state index contributed by atoms with van der Waals surface area (Å²) in [5, 5.41) is 16.0. The number of benzene rings is 1. The zero-order chi connectivity index (χ0) is 24.7. The van der Waals surface area contributed by atoms with Gasteiger partial charge in [-0.05, 0) is 56.5 Å². The summed E-state index contributed by atoms with van der Waals surface area (Å²) in [7, 11) is 0. The SMILES string of the molecule is CCc1ccc(C(=O)N2CCCn3nnc(CN4CCCCC4)c3C2)cc1.O=C(O)C(F)(F)F. The molecule has 3 heterocycles. The number of rotatable bonds is 4. The Balaban J connectivity index is 0.000000406. The summed E-state index contributed by atoms with van der Waals surface area (Å²) in [6, 6.07) is 8.02. The number of piperidine rings is 1. The molecule has 4 rings (SSSR count). The molecule has 2 aliphatic rings. The fourth-order valence-electron chi connectivity index (χ4n) is 4.08. The third kappa shape index (κ3) is 6.78. The summed E-state index contributed by atoms with van der Waals surface area (Å²) in [6.45, 7) is 7.45. The van der Waals surface area contributed by atoms with Crippen molar-refractivity contribution in [2.24, 2.45) is 0 Å². The van der Waals surface area contributed by atoms with Crippen molar-refractivity contribution in [3.8, 4) is 0 Å². The van der Waals surface area contributed by atoms with Gasteiger partial charge in [0.2, 0.25) is 0 Å². The van der Waals surface area contributed by atoms with E-state index in [1.54, 1.807) is 0 Å². The second kappa shape index (κ2) is 11.5. The van der Waals surface area contributed by atoms with Gasteiger partial charge < -0.3 is 10.0 Å². The van der Waals surface area contributed by atoms with E-state index in [0.717, 1.165) is 62.5 Å². The third-order valence-corrected chi connectivity index (χ3v) is 6.02. The van der Waals surface area contributed by atoms with E-state index in [1.807, 2.05) is 21.7 Å². The largest absolute Gasteiger partial charge is 0.490 e. The van der Waals surface area contributed by atoms with E-state index in [2.05, 4.69) is 34.3 Å². The molecule has 1 saturated heterocycles. The molecular weight excluding hydrogens is 451 g/mol. The first kappa shape index (κ1) is 25.7. The van der Waals surface area contributed by atoms with Gasteiger partial charge in [0.05, 0.1) is 12.2 Å². The Morgan fingerprint density at radius 3 is 2.24 bits per heavy atom. The molecule has 0 spiro atoms. The number of carbonyl (C=O) groups is 2. The molecular formula is C23H30F3N5O3. The lowest BCUT2D eigenvalue weighted by atomic mass is 10.1. The molecule has 186 valence electrons. The molecule has 8 nitrogen and oxygen atoms in total. The van der Waals surface area contributed by atoms with E-state index < -0.39 is 12.1 Å². The van der Waals surface area contributed by atoms with Crippen molar-refractivity contribution in [2.75, 3.05) is 19.6 Å². The topological polar surface area (TPSA) is 91.6 Å². The average Bonchev–Trinajstić information content (AvgIpc) is 3.06. The van der Waals surface area contributed by atoms with E-state index in [1.165, 1.54) is 24.8 Å². The summed E-state index contributed by atoms with van der Waals surface area (Å²) in [5.41, 5.74) is 4.17. The van der Waals surface area contributed by atoms with E-state index in [4.69, 9.17) is 9.90 Å². The number of likely N-dealkylation sites (tertiary alicyclic amines) is 1. The summed E-state index contributed by atoms with van der Waals surface area (Å²) >= 11 is 0. The number of alkyl halides is 3. The van der Waals surface area contributed by atoms with Gasteiger partial charge in [0.1, 0.15) is 5.69 Å². The molecule has 11 heteroatoms.